The van der Waals surface area contributed by atoms with E-state index in [0.717, 1.165) is 0 Å². The van der Waals surface area contributed by atoms with Crippen LogP contribution in [0.3, 0.4) is 0 Å². The fourth-order valence-electron chi connectivity index (χ4n) is 2.20. The molecule has 0 aliphatic carbocycles. The van der Waals surface area contributed by atoms with Crippen molar-refractivity contribution in [3.8, 4) is 11.5 Å². The van der Waals surface area contributed by atoms with Gasteiger partial charge in [0.1, 0.15) is 11.5 Å². The van der Waals surface area contributed by atoms with Gasteiger partial charge in [-0.15, -0.1) is 0 Å². The van der Waals surface area contributed by atoms with E-state index >= 15 is 0 Å². The Labute approximate surface area is 128 Å². The molecule has 1 saturated heterocycles. The fraction of sp³-hybridized carbons (Fsp3) is 0.467. The standard InChI is InChI=1S/C15H19NO6/c1-10-7-16(8-13(22-10)15(18)19)14(17)9-21-12-5-3-11(20-2)4-6-12/h3-6,10,13H,7-9H2,1-2H3,(H,18,19)/t10-,13?/m1/s1. The van der Waals surface area contributed by atoms with E-state index in [-0.39, 0.29) is 25.2 Å². The van der Waals surface area contributed by atoms with Crippen molar-refractivity contribution < 1.29 is 28.9 Å². The molecule has 1 unspecified atom stereocenters. The summed E-state index contributed by atoms with van der Waals surface area (Å²) in [6.45, 7) is 1.98. The molecule has 7 heteroatoms. The third-order valence-electron chi connectivity index (χ3n) is 3.31. The molecule has 0 radical (unpaired) electrons. The Balaban J connectivity index is 1.89. The van der Waals surface area contributed by atoms with Crippen LogP contribution >= 0.6 is 0 Å². The molecule has 0 saturated carbocycles. The van der Waals surface area contributed by atoms with Gasteiger partial charge in [-0.1, -0.05) is 0 Å². The molecular weight excluding hydrogens is 290 g/mol. The van der Waals surface area contributed by atoms with E-state index in [9.17, 15) is 9.59 Å². The Hall–Kier alpha value is -2.28. The second-order valence-corrected chi connectivity index (χ2v) is 5.04. The summed E-state index contributed by atoms with van der Waals surface area (Å²) in [6.07, 6.45) is -1.31. The van der Waals surface area contributed by atoms with Crippen LogP contribution in [0.1, 0.15) is 6.92 Å². The SMILES string of the molecule is COc1ccc(OCC(=O)N2CC(C(=O)O)O[C@H](C)C2)cc1. The monoisotopic (exact) mass is 309 g/mol. The van der Waals surface area contributed by atoms with Crippen molar-refractivity contribution in [2.75, 3.05) is 26.8 Å². The number of rotatable bonds is 5. The lowest BCUT2D eigenvalue weighted by molar-refractivity contribution is -0.167. The Bertz CT molecular complexity index is 529. The van der Waals surface area contributed by atoms with Crippen molar-refractivity contribution in [1.82, 2.24) is 4.90 Å². The van der Waals surface area contributed by atoms with E-state index in [2.05, 4.69) is 0 Å². The maximum absolute atomic E-state index is 12.1. The van der Waals surface area contributed by atoms with Gasteiger partial charge in [-0.3, -0.25) is 4.79 Å². The predicted molar refractivity (Wildman–Crippen MR) is 77.0 cm³/mol. The van der Waals surface area contributed by atoms with Crippen molar-refractivity contribution >= 4 is 11.9 Å². The molecule has 2 atom stereocenters. The van der Waals surface area contributed by atoms with Gasteiger partial charge in [0.2, 0.25) is 0 Å². The van der Waals surface area contributed by atoms with Gasteiger partial charge in [0.15, 0.2) is 12.7 Å². The van der Waals surface area contributed by atoms with E-state index in [1.54, 1.807) is 38.3 Å². The first kappa shape index (κ1) is 16.1. The highest BCUT2D eigenvalue weighted by atomic mass is 16.5. The molecule has 0 bridgehead atoms. The summed E-state index contributed by atoms with van der Waals surface area (Å²) >= 11 is 0. The zero-order valence-corrected chi connectivity index (χ0v) is 12.5. The molecule has 1 aliphatic rings. The topological polar surface area (TPSA) is 85.3 Å². The second-order valence-electron chi connectivity index (χ2n) is 5.04. The summed E-state index contributed by atoms with van der Waals surface area (Å²) in [5, 5.41) is 9.01. The molecule has 0 aromatic heterocycles. The molecule has 1 N–H and O–H groups in total. The summed E-state index contributed by atoms with van der Waals surface area (Å²) in [5.74, 6) is -0.0899. The number of benzene rings is 1. The Kier molecular flexibility index (Phi) is 5.21. The van der Waals surface area contributed by atoms with E-state index < -0.39 is 12.1 Å². The number of aliphatic carboxylic acids is 1. The summed E-state index contributed by atoms with van der Waals surface area (Å²) in [6, 6.07) is 6.87. The minimum Gasteiger partial charge on any atom is -0.497 e. The van der Waals surface area contributed by atoms with Crippen LogP contribution in [0.2, 0.25) is 0 Å². The number of morpholine rings is 1. The fourth-order valence-corrected chi connectivity index (χ4v) is 2.20. The minimum atomic E-state index is -1.07. The minimum absolute atomic E-state index is 0.0322. The van der Waals surface area contributed by atoms with Gasteiger partial charge in [0.05, 0.1) is 19.8 Å². The van der Waals surface area contributed by atoms with Crippen LogP contribution in [0.15, 0.2) is 24.3 Å². The van der Waals surface area contributed by atoms with Crippen LogP contribution in [0, 0.1) is 0 Å². The first-order chi connectivity index (χ1) is 10.5. The van der Waals surface area contributed by atoms with Gasteiger partial charge < -0.3 is 24.2 Å². The Morgan fingerprint density at radius 2 is 1.91 bits per heavy atom. The third kappa shape index (κ3) is 4.11. The van der Waals surface area contributed by atoms with Crippen molar-refractivity contribution in [1.29, 1.82) is 0 Å². The highest BCUT2D eigenvalue weighted by Gasteiger charge is 2.32. The summed E-state index contributed by atoms with van der Waals surface area (Å²) in [4.78, 5) is 24.6. The predicted octanol–water partition coefficient (Wildman–Crippen LogP) is 0.774. The van der Waals surface area contributed by atoms with Gasteiger partial charge in [0, 0.05) is 6.54 Å². The number of carboxylic acids is 1. The Morgan fingerprint density at radius 3 is 2.50 bits per heavy atom. The lowest BCUT2D eigenvalue weighted by Gasteiger charge is -2.34. The molecule has 22 heavy (non-hydrogen) atoms. The number of carbonyl (C=O) groups is 2. The van der Waals surface area contributed by atoms with Gasteiger partial charge in [-0.25, -0.2) is 4.79 Å². The van der Waals surface area contributed by atoms with Crippen molar-refractivity contribution in [3.05, 3.63) is 24.3 Å². The van der Waals surface area contributed by atoms with Crippen LogP contribution in [-0.4, -0.2) is 60.9 Å². The third-order valence-corrected chi connectivity index (χ3v) is 3.31. The van der Waals surface area contributed by atoms with Gasteiger partial charge in [0.25, 0.3) is 5.91 Å². The van der Waals surface area contributed by atoms with E-state index in [1.807, 2.05) is 0 Å². The molecule has 1 heterocycles. The molecule has 1 fully saturated rings. The van der Waals surface area contributed by atoms with Crippen molar-refractivity contribution in [2.24, 2.45) is 0 Å². The molecule has 0 spiro atoms. The van der Waals surface area contributed by atoms with Crippen LogP contribution in [0.25, 0.3) is 0 Å². The summed E-state index contributed by atoms with van der Waals surface area (Å²) in [5.41, 5.74) is 0. The highest BCUT2D eigenvalue weighted by molar-refractivity contribution is 5.80. The lowest BCUT2D eigenvalue weighted by Crippen LogP contribution is -2.52. The number of carboxylic acid groups (broad SMARTS) is 1. The average molecular weight is 309 g/mol. The van der Waals surface area contributed by atoms with E-state index in [4.69, 9.17) is 19.3 Å². The maximum Gasteiger partial charge on any atom is 0.334 e. The number of amides is 1. The van der Waals surface area contributed by atoms with Crippen LogP contribution in [0.5, 0.6) is 11.5 Å². The molecule has 120 valence electrons. The second kappa shape index (κ2) is 7.13. The molecule has 1 aromatic rings. The largest absolute Gasteiger partial charge is 0.497 e. The van der Waals surface area contributed by atoms with Gasteiger partial charge in [-0.05, 0) is 31.2 Å². The molecular formula is C15H19NO6. The Morgan fingerprint density at radius 1 is 1.27 bits per heavy atom. The maximum atomic E-state index is 12.1. The normalized spacial score (nSPS) is 21.3. The molecule has 1 amide bonds. The molecule has 2 rings (SSSR count). The van der Waals surface area contributed by atoms with Crippen LogP contribution in [0.4, 0.5) is 0 Å². The summed E-state index contributed by atoms with van der Waals surface area (Å²) < 4.78 is 15.7. The first-order valence-electron chi connectivity index (χ1n) is 6.92. The zero-order valence-electron chi connectivity index (χ0n) is 12.5. The van der Waals surface area contributed by atoms with Crippen LogP contribution in [-0.2, 0) is 14.3 Å². The number of hydrogen-bond acceptors (Lipinski definition) is 5. The van der Waals surface area contributed by atoms with E-state index in [0.29, 0.717) is 18.0 Å². The number of carbonyl (C=O) groups excluding carboxylic acids is 1. The van der Waals surface area contributed by atoms with Crippen molar-refractivity contribution in [2.45, 2.75) is 19.1 Å². The van der Waals surface area contributed by atoms with Gasteiger partial charge >= 0.3 is 5.97 Å². The highest BCUT2D eigenvalue weighted by Crippen LogP contribution is 2.17. The molecule has 1 aliphatic heterocycles. The number of nitrogens with zero attached hydrogens (tertiary/aromatic N) is 1. The van der Waals surface area contributed by atoms with Gasteiger partial charge in [-0.2, -0.15) is 0 Å². The average Bonchev–Trinajstić information content (AvgIpc) is 2.52. The quantitative estimate of drug-likeness (QED) is 0.865. The van der Waals surface area contributed by atoms with E-state index in [1.165, 1.54) is 4.90 Å². The lowest BCUT2D eigenvalue weighted by atomic mass is 10.2. The first-order valence-corrected chi connectivity index (χ1v) is 6.92. The number of hydrogen-bond donors (Lipinski definition) is 1. The molecule has 1 aromatic carbocycles. The zero-order chi connectivity index (χ0) is 16.1. The summed E-state index contributed by atoms with van der Waals surface area (Å²) in [7, 11) is 1.57. The number of methoxy groups -OCH3 is 1. The number of ether oxygens (including phenoxy) is 3. The molecule has 7 nitrogen and oxygen atoms in total. The van der Waals surface area contributed by atoms with Crippen LogP contribution < -0.4 is 9.47 Å². The smallest absolute Gasteiger partial charge is 0.334 e. The van der Waals surface area contributed by atoms with Crippen molar-refractivity contribution in [3.63, 3.8) is 0 Å².